The highest BCUT2D eigenvalue weighted by atomic mass is 16.3. The third-order valence-electron chi connectivity index (χ3n) is 3.41. The quantitative estimate of drug-likeness (QED) is 0.641. The van der Waals surface area contributed by atoms with E-state index in [4.69, 9.17) is 10.8 Å². The molecule has 0 aromatic carbocycles. The summed E-state index contributed by atoms with van der Waals surface area (Å²) in [6, 6.07) is 0. The van der Waals surface area contributed by atoms with Crippen molar-refractivity contribution >= 4 is 0 Å². The van der Waals surface area contributed by atoms with Gasteiger partial charge in [-0.05, 0) is 36.6 Å². The van der Waals surface area contributed by atoms with Crippen molar-refractivity contribution in [2.45, 2.75) is 26.7 Å². The fraction of sp³-hybridized carbons (Fsp3) is 1.00. The zero-order valence-electron chi connectivity index (χ0n) is 7.51. The van der Waals surface area contributed by atoms with Crippen molar-refractivity contribution < 1.29 is 5.11 Å². The first-order chi connectivity index (χ1) is 5.12. The molecule has 2 nitrogen and oxygen atoms in total. The van der Waals surface area contributed by atoms with Crippen molar-refractivity contribution in [3.8, 4) is 0 Å². The molecule has 2 atom stereocenters. The lowest BCUT2D eigenvalue weighted by Gasteiger charge is -2.52. The van der Waals surface area contributed by atoms with Crippen LogP contribution in [-0.2, 0) is 0 Å². The standard InChI is InChI=1S/C9H19NO/c1-9(2)7(3-4-10)5-8(9)6-11/h7-8,11H,3-6,10H2,1-2H3/t7-,8-/m0/s1. The summed E-state index contributed by atoms with van der Waals surface area (Å²) in [7, 11) is 0. The van der Waals surface area contributed by atoms with Crippen molar-refractivity contribution in [3.05, 3.63) is 0 Å². The largest absolute Gasteiger partial charge is 0.396 e. The van der Waals surface area contributed by atoms with Gasteiger partial charge in [0.2, 0.25) is 0 Å². The summed E-state index contributed by atoms with van der Waals surface area (Å²) < 4.78 is 0. The van der Waals surface area contributed by atoms with Crippen LogP contribution in [0.1, 0.15) is 26.7 Å². The predicted molar refractivity (Wildman–Crippen MR) is 46.1 cm³/mol. The zero-order chi connectivity index (χ0) is 8.48. The molecule has 11 heavy (non-hydrogen) atoms. The molecule has 0 aromatic rings. The highest BCUT2D eigenvalue weighted by Gasteiger charge is 2.46. The van der Waals surface area contributed by atoms with E-state index in [1.807, 2.05) is 0 Å². The maximum absolute atomic E-state index is 8.98. The molecular weight excluding hydrogens is 138 g/mol. The summed E-state index contributed by atoms with van der Waals surface area (Å²) in [6.45, 7) is 5.59. The zero-order valence-corrected chi connectivity index (χ0v) is 7.51. The molecule has 1 aliphatic rings. The fourth-order valence-electron chi connectivity index (χ4n) is 2.12. The van der Waals surface area contributed by atoms with Crippen LogP contribution in [0.4, 0.5) is 0 Å². The van der Waals surface area contributed by atoms with Crippen molar-refractivity contribution in [3.63, 3.8) is 0 Å². The van der Waals surface area contributed by atoms with Gasteiger partial charge in [0.15, 0.2) is 0 Å². The Kier molecular flexibility index (Phi) is 2.55. The van der Waals surface area contributed by atoms with E-state index in [0.29, 0.717) is 17.9 Å². The van der Waals surface area contributed by atoms with Gasteiger partial charge in [0.1, 0.15) is 0 Å². The van der Waals surface area contributed by atoms with E-state index < -0.39 is 0 Å². The number of hydrogen-bond donors (Lipinski definition) is 2. The molecule has 0 aliphatic heterocycles. The van der Waals surface area contributed by atoms with Crippen LogP contribution in [0.2, 0.25) is 0 Å². The number of aliphatic hydroxyl groups is 1. The summed E-state index contributed by atoms with van der Waals surface area (Å²) in [5.41, 5.74) is 5.81. The Labute approximate surface area is 68.8 Å². The van der Waals surface area contributed by atoms with Gasteiger partial charge < -0.3 is 10.8 Å². The maximum atomic E-state index is 8.98. The number of rotatable bonds is 3. The summed E-state index contributed by atoms with van der Waals surface area (Å²) in [6.07, 6.45) is 2.28. The van der Waals surface area contributed by atoms with Gasteiger partial charge in [-0.1, -0.05) is 13.8 Å². The average molecular weight is 157 g/mol. The smallest absolute Gasteiger partial charge is 0.0464 e. The van der Waals surface area contributed by atoms with Crippen molar-refractivity contribution in [2.75, 3.05) is 13.2 Å². The normalized spacial score (nSPS) is 34.9. The minimum atomic E-state index is 0.327. The van der Waals surface area contributed by atoms with E-state index >= 15 is 0 Å². The number of hydrogen-bond acceptors (Lipinski definition) is 2. The Morgan fingerprint density at radius 3 is 2.45 bits per heavy atom. The first-order valence-electron chi connectivity index (χ1n) is 4.43. The Hall–Kier alpha value is -0.0800. The second-order valence-electron chi connectivity index (χ2n) is 4.21. The third-order valence-corrected chi connectivity index (χ3v) is 3.41. The Bertz CT molecular complexity index is 134. The van der Waals surface area contributed by atoms with E-state index in [1.165, 1.54) is 6.42 Å². The Morgan fingerprint density at radius 2 is 2.09 bits per heavy atom. The SMILES string of the molecule is CC1(C)[C@H](CO)C[C@@H]1CCN. The van der Waals surface area contributed by atoms with Crippen molar-refractivity contribution in [1.29, 1.82) is 0 Å². The maximum Gasteiger partial charge on any atom is 0.0464 e. The number of aliphatic hydroxyl groups excluding tert-OH is 1. The first kappa shape index (κ1) is 9.01. The topological polar surface area (TPSA) is 46.2 Å². The first-order valence-corrected chi connectivity index (χ1v) is 4.43. The molecule has 66 valence electrons. The molecule has 0 radical (unpaired) electrons. The van der Waals surface area contributed by atoms with Gasteiger partial charge in [-0.2, -0.15) is 0 Å². The highest BCUT2D eigenvalue weighted by molar-refractivity contribution is 4.95. The molecule has 3 N–H and O–H groups in total. The Morgan fingerprint density at radius 1 is 1.45 bits per heavy atom. The monoisotopic (exact) mass is 157 g/mol. The van der Waals surface area contributed by atoms with Gasteiger partial charge >= 0.3 is 0 Å². The molecule has 0 unspecified atom stereocenters. The molecule has 0 aromatic heterocycles. The minimum absolute atomic E-state index is 0.327. The van der Waals surface area contributed by atoms with Crippen molar-refractivity contribution in [1.82, 2.24) is 0 Å². The minimum Gasteiger partial charge on any atom is -0.396 e. The summed E-state index contributed by atoms with van der Waals surface area (Å²) in [5.74, 6) is 1.25. The lowest BCUT2D eigenvalue weighted by Crippen LogP contribution is -2.47. The molecule has 1 fully saturated rings. The molecule has 0 saturated heterocycles. The lowest BCUT2D eigenvalue weighted by molar-refractivity contribution is -0.0541. The van der Waals surface area contributed by atoms with Crippen molar-refractivity contribution in [2.24, 2.45) is 23.0 Å². The van der Waals surface area contributed by atoms with E-state index in [9.17, 15) is 0 Å². The highest BCUT2D eigenvalue weighted by Crippen LogP contribution is 2.52. The van der Waals surface area contributed by atoms with Crippen LogP contribution in [0, 0.1) is 17.3 Å². The Balaban J connectivity index is 2.40. The van der Waals surface area contributed by atoms with E-state index in [0.717, 1.165) is 18.9 Å². The van der Waals surface area contributed by atoms with Gasteiger partial charge in [0.25, 0.3) is 0 Å². The molecular formula is C9H19NO. The molecule has 1 rings (SSSR count). The second-order valence-corrected chi connectivity index (χ2v) is 4.21. The van der Waals surface area contributed by atoms with Crippen LogP contribution in [-0.4, -0.2) is 18.3 Å². The molecule has 0 amide bonds. The van der Waals surface area contributed by atoms with E-state index in [2.05, 4.69) is 13.8 Å². The lowest BCUT2D eigenvalue weighted by atomic mass is 9.54. The second kappa shape index (κ2) is 3.11. The predicted octanol–water partition coefficient (Wildman–Crippen LogP) is 0.990. The molecule has 2 heteroatoms. The number of nitrogens with two attached hydrogens (primary N) is 1. The fourth-order valence-corrected chi connectivity index (χ4v) is 2.12. The molecule has 0 bridgehead atoms. The third kappa shape index (κ3) is 1.42. The van der Waals surface area contributed by atoms with E-state index in [1.54, 1.807) is 0 Å². The molecule has 1 saturated carbocycles. The van der Waals surface area contributed by atoms with Crippen LogP contribution in [0.5, 0.6) is 0 Å². The van der Waals surface area contributed by atoms with Crippen LogP contribution >= 0.6 is 0 Å². The van der Waals surface area contributed by atoms with Crippen LogP contribution in [0.25, 0.3) is 0 Å². The van der Waals surface area contributed by atoms with E-state index in [-0.39, 0.29) is 0 Å². The summed E-state index contributed by atoms with van der Waals surface area (Å²) in [5, 5.41) is 8.98. The molecule has 0 heterocycles. The van der Waals surface area contributed by atoms with Gasteiger partial charge in [0.05, 0.1) is 0 Å². The summed E-state index contributed by atoms with van der Waals surface area (Å²) in [4.78, 5) is 0. The van der Waals surface area contributed by atoms with Crippen LogP contribution in [0.15, 0.2) is 0 Å². The van der Waals surface area contributed by atoms with Gasteiger partial charge in [0, 0.05) is 6.61 Å². The average Bonchev–Trinajstić information content (AvgIpc) is 1.97. The van der Waals surface area contributed by atoms with Gasteiger partial charge in [-0.15, -0.1) is 0 Å². The molecule has 1 aliphatic carbocycles. The molecule has 0 spiro atoms. The van der Waals surface area contributed by atoms with Gasteiger partial charge in [-0.3, -0.25) is 0 Å². The summed E-state index contributed by atoms with van der Waals surface area (Å²) >= 11 is 0. The van der Waals surface area contributed by atoms with Gasteiger partial charge in [-0.25, -0.2) is 0 Å². The van der Waals surface area contributed by atoms with Crippen LogP contribution in [0.3, 0.4) is 0 Å². The van der Waals surface area contributed by atoms with Crippen LogP contribution < -0.4 is 5.73 Å².